The smallest absolute Gasteiger partial charge is 0.293 e. The lowest BCUT2D eigenvalue weighted by Gasteiger charge is -2.33. The molecule has 1 aliphatic heterocycles. The molecule has 1 aliphatic rings. The molecule has 0 N–H and O–H groups in total. The van der Waals surface area contributed by atoms with Crippen LogP contribution in [0.5, 0.6) is 0 Å². The Bertz CT molecular complexity index is 1190. The van der Waals surface area contributed by atoms with E-state index in [0.717, 1.165) is 17.8 Å². The average molecular weight is 487 g/mol. The van der Waals surface area contributed by atoms with Crippen molar-refractivity contribution >= 4 is 21.6 Å². The highest BCUT2D eigenvalue weighted by atomic mass is 35.5. The van der Waals surface area contributed by atoms with E-state index in [-0.39, 0.29) is 18.0 Å². The molecule has 8 nitrogen and oxygen atoms in total. The molecule has 1 fully saturated rings. The summed E-state index contributed by atoms with van der Waals surface area (Å²) in [7, 11) is -4.04. The van der Waals surface area contributed by atoms with E-state index in [4.69, 9.17) is 11.6 Å². The first-order chi connectivity index (χ1) is 15.1. The van der Waals surface area contributed by atoms with Gasteiger partial charge in [-0.15, -0.1) is 5.10 Å². The summed E-state index contributed by atoms with van der Waals surface area (Å²) in [5.74, 6) is 0.571. The Kier molecular flexibility index (Phi) is 6.21. The number of benzene rings is 2. The number of halogens is 4. The zero-order chi connectivity index (χ0) is 22.9. The van der Waals surface area contributed by atoms with Gasteiger partial charge in [0.05, 0.1) is 22.7 Å². The predicted octanol–water partition coefficient (Wildman–Crippen LogP) is 2.84. The second-order valence-electron chi connectivity index (χ2n) is 7.19. The van der Waals surface area contributed by atoms with Gasteiger partial charge in [-0.3, -0.25) is 4.90 Å². The molecule has 0 bridgehead atoms. The molecule has 0 amide bonds. The van der Waals surface area contributed by atoms with Crippen LogP contribution in [0.4, 0.5) is 13.2 Å². The SMILES string of the molecule is O=S(=O)(c1cccc(C(F)(F)F)c1)N1CCN(Cc2nnnn2-c2ccc(Cl)cc2)CC1. The topological polar surface area (TPSA) is 84.2 Å². The fraction of sp³-hybridized carbons (Fsp3) is 0.316. The zero-order valence-electron chi connectivity index (χ0n) is 16.6. The van der Waals surface area contributed by atoms with Gasteiger partial charge in [0.1, 0.15) is 0 Å². The lowest BCUT2D eigenvalue weighted by Crippen LogP contribution is -2.48. The minimum atomic E-state index is -4.61. The third-order valence-electron chi connectivity index (χ3n) is 5.10. The second kappa shape index (κ2) is 8.77. The van der Waals surface area contributed by atoms with E-state index in [9.17, 15) is 21.6 Å². The molecule has 1 aromatic heterocycles. The highest BCUT2D eigenvalue weighted by molar-refractivity contribution is 7.89. The zero-order valence-corrected chi connectivity index (χ0v) is 18.1. The molecule has 2 aromatic carbocycles. The quantitative estimate of drug-likeness (QED) is 0.551. The number of rotatable bonds is 5. The summed E-state index contributed by atoms with van der Waals surface area (Å²) in [5, 5.41) is 12.3. The molecule has 0 unspecified atom stereocenters. The van der Waals surface area contributed by atoms with Gasteiger partial charge in [0.15, 0.2) is 5.82 Å². The van der Waals surface area contributed by atoms with E-state index < -0.39 is 21.8 Å². The van der Waals surface area contributed by atoms with Gasteiger partial charge in [0.2, 0.25) is 10.0 Å². The van der Waals surface area contributed by atoms with Crippen LogP contribution in [-0.2, 0) is 22.7 Å². The van der Waals surface area contributed by atoms with Crippen LogP contribution in [0.2, 0.25) is 5.02 Å². The fourth-order valence-electron chi connectivity index (χ4n) is 3.40. The lowest BCUT2D eigenvalue weighted by atomic mass is 10.2. The van der Waals surface area contributed by atoms with Crippen LogP contribution in [0, 0.1) is 0 Å². The summed E-state index contributed by atoms with van der Waals surface area (Å²) in [5.41, 5.74) is -0.258. The summed E-state index contributed by atoms with van der Waals surface area (Å²) in [4.78, 5) is 1.61. The van der Waals surface area contributed by atoms with Gasteiger partial charge in [-0.2, -0.15) is 22.2 Å². The van der Waals surface area contributed by atoms with Crippen molar-refractivity contribution in [1.82, 2.24) is 29.4 Å². The standard InChI is InChI=1S/C19H18ClF3N6O2S/c20-15-4-6-16(7-5-15)29-18(24-25-26-29)13-27-8-10-28(11-9-27)32(30,31)17-3-1-2-14(12-17)19(21,22)23/h1-7,12H,8-11,13H2. The molecule has 170 valence electrons. The molecular weight excluding hydrogens is 469 g/mol. The third-order valence-corrected chi connectivity index (χ3v) is 7.25. The summed E-state index contributed by atoms with van der Waals surface area (Å²) in [6, 6.07) is 10.8. The van der Waals surface area contributed by atoms with E-state index in [1.165, 1.54) is 10.4 Å². The predicted molar refractivity (Wildman–Crippen MR) is 110 cm³/mol. The van der Waals surface area contributed by atoms with E-state index in [1.54, 1.807) is 28.9 Å². The molecule has 4 rings (SSSR count). The Balaban J connectivity index is 1.43. The molecule has 0 atom stereocenters. The Labute approximate surface area is 187 Å². The molecule has 0 spiro atoms. The number of piperazine rings is 1. The number of hydrogen-bond acceptors (Lipinski definition) is 6. The number of hydrogen-bond donors (Lipinski definition) is 0. The summed E-state index contributed by atoms with van der Waals surface area (Å²) >= 11 is 5.92. The Morgan fingerprint density at radius 1 is 1.00 bits per heavy atom. The van der Waals surface area contributed by atoms with Crippen LogP contribution in [0.1, 0.15) is 11.4 Å². The first-order valence-corrected chi connectivity index (χ1v) is 11.4. The number of nitrogens with zero attached hydrogens (tertiary/aromatic N) is 6. The van der Waals surface area contributed by atoms with Crippen molar-refractivity contribution in [2.75, 3.05) is 26.2 Å². The highest BCUT2D eigenvalue weighted by Crippen LogP contribution is 2.31. The minimum Gasteiger partial charge on any atom is -0.293 e. The first-order valence-electron chi connectivity index (χ1n) is 9.57. The Morgan fingerprint density at radius 3 is 2.34 bits per heavy atom. The molecule has 0 saturated carbocycles. The molecule has 1 saturated heterocycles. The van der Waals surface area contributed by atoms with Gasteiger partial charge in [0.25, 0.3) is 0 Å². The van der Waals surface area contributed by atoms with Crippen molar-refractivity contribution in [3.05, 3.63) is 64.9 Å². The summed E-state index contributed by atoms with van der Waals surface area (Å²) < 4.78 is 67.4. The van der Waals surface area contributed by atoms with Crippen molar-refractivity contribution < 1.29 is 21.6 Å². The number of aromatic nitrogens is 4. The molecule has 3 aromatic rings. The van der Waals surface area contributed by atoms with E-state index >= 15 is 0 Å². The van der Waals surface area contributed by atoms with E-state index in [1.807, 2.05) is 4.90 Å². The molecular formula is C19H18ClF3N6O2S. The van der Waals surface area contributed by atoms with Crippen molar-refractivity contribution in [3.8, 4) is 5.69 Å². The van der Waals surface area contributed by atoms with Gasteiger partial charge in [-0.1, -0.05) is 17.7 Å². The minimum absolute atomic E-state index is 0.140. The van der Waals surface area contributed by atoms with Crippen molar-refractivity contribution in [3.63, 3.8) is 0 Å². The van der Waals surface area contributed by atoms with Crippen LogP contribution in [0.15, 0.2) is 53.4 Å². The molecule has 0 radical (unpaired) electrons. The third kappa shape index (κ3) is 4.77. The number of tetrazole rings is 1. The molecule has 2 heterocycles. The monoisotopic (exact) mass is 486 g/mol. The van der Waals surface area contributed by atoms with Crippen molar-refractivity contribution in [2.24, 2.45) is 0 Å². The normalized spacial score (nSPS) is 16.4. The lowest BCUT2D eigenvalue weighted by molar-refractivity contribution is -0.137. The van der Waals surface area contributed by atoms with Crippen LogP contribution in [-0.4, -0.2) is 64.0 Å². The van der Waals surface area contributed by atoms with Gasteiger partial charge < -0.3 is 0 Å². The van der Waals surface area contributed by atoms with Crippen molar-refractivity contribution in [1.29, 1.82) is 0 Å². The Hall–Kier alpha value is -2.54. The number of alkyl halides is 3. The van der Waals surface area contributed by atoms with Crippen LogP contribution >= 0.6 is 11.6 Å². The fourth-order valence-corrected chi connectivity index (χ4v) is 4.99. The van der Waals surface area contributed by atoms with Gasteiger partial charge in [-0.05, 0) is 52.9 Å². The van der Waals surface area contributed by atoms with Gasteiger partial charge in [-0.25, -0.2) is 8.42 Å². The number of sulfonamides is 1. The Morgan fingerprint density at radius 2 is 1.69 bits per heavy atom. The molecule has 32 heavy (non-hydrogen) atoms. The van der Waals surface area contributed by atoms with Crippen LogP contribution < -0.4 is 0 Å². The molecule has 0 aliphatic carbocycles. The van der Waals surface area contributed by atoms with E-state index in [0.29, 0.717) is 36.5 Å². The highest BCUT2D eigenvalue weighted by Gasteiger charge is 2.34. The molecule has 13 heteroatoms. The largest absolute Gasteiger partial charge is 0.416 e. The second-order valence-corrected chi connectivity index (χ2v) is 9.56. The van der Waals surface area contributed by atoms with Gasteiger partial charge in [0, 0.05) is 31.2 Å². The first kappa shape index (κ1) is 22.6. The summed E-state index contributed by atoms with van der Waals surface area (Å²) in [6.07, 6.45) is -4.61. The van der Waals surface area contributed by atoms with Gasteiger partial charge >= 0.3 is 6.18 Å². The average Bonchev–Trinajstić information content (AvgIpc) is 3.22. The summed E-state index contributed by atoms with van der Waals surface area (Å²) in [6.45, 7) is 1.42. The van der Waals surface area contributed by atoms with E-state index in [2.05, 4.69) is 15.5 Å². The maximum Gasteiger partial charge on any atom is 0.416 e. The van der Waals surface area contributed by atoms with Crippen LogP contribution in [0.3, 0.4) is 0 Å². The maximum atomic E-state index is 13.0. The van der Waals surface area contributed by atoms with Crippen LogP contribution in [0.25, 0.3) is 5.69 Å². The van der Waals surface area contributed by atoms with Crippen molar-refractivity contribution in [2.45, 2.75) is 17.6 Å². The maximum absolute atomic E-state index is 13.0.